The van der Waals surface area contributed by atoms with Crippen molar-refractivity contribution in [3.05, 3.63) is 52.0 Å². The summed E-state index contributed by atoms with van der Waals surface area (Å²) in [6.07, 6.45) is 3.65. The van der Waals surface area contributed by atoms with Crippen molar-refractivity contribution >= 4 is 11.3 Å². The van der Waals surface area contributed by atoms with Gasteiger partial charge in [-0.05, 0) is 36.8 Å². The molecule has 2 aromatic rings. The molecule has 86 valence electrons. The van der Waals surface area contributed by atoms with Gasteiger partial charge in [-0.2, -0.15) is 0 Å². The maximum Gasteiger partial charge on any atom is 0.0303 e. The maximum atomic E-state index is 3.99. The minimum atomic E-state index is 0. The quantitative estimate of drug-likeness (QED) is 0.813. The zero-order chi connectivity index (χ0) is 10.5. The molecule has 0 aliphatic carbocycles. The normalized spacial score (nSPS) is 9.81. The lowest BCUT2D eigenvalue weighted by Gasteiger charge is -2.02. The Morgan fingerprint density at radius 1 is 1.12 bits per heavy atom. The fourth-order valence-corrected chi connectivity index (χ4v) is 2.27. The van der Waals surface area contributed by atoms with E-state index in [9.17, 15) is 0 Å². The molecule has 0 amide bonds. The van der Waals surface area contributed by atoms with E-state index in [-0.39, 0.29) is 12.4 Å². The van der Waals surface area contributed by atoms with E-state index in [0.29, 0.717) is 0 Å². The van der Waals surface area contributed by atoms with Crippen LogP contribution in [-0.4, -0.2) is 4.98 Å². The first-order valence-corrected chi connectivity index (χ1v) is 5.81. The van der Waals surface area contributed by atoms with Crippen LogP contribution in [0.4, 0.5) is 0 Å². The summed E-state index contributed by atoms with van der Waals surface area (Å²) in [5.74, 6) is 0. The minimum Gasteiger partial charge on any atom is -1.00 e. The molecule has 0 unspecified atom stereocenters. The molecule has 0 atom stereocenters. The van der Waals surface area contributed by atoms with E-state index >= 15 is 0 Å². The van der Waals surface area contributed by atoms with Crippen LogP contribution < -0.4 is 17.7 Å². The Hall–Kier alpha value is -0.900. The Morgan fingerprint density at radius 2 is 1.88 bits per heavy atom. The first-order chi connectivity index (χ1) is 7.34. The zero-order valence-electron chi connectivity index (χ0n) is 9.11. The van der Waals surface area contributed by atoms with Crippen LogP contribution in [0.2, 0.25) is 0 Å². The van der Waals surface area contributed by atoms with Crippen LogP contribution in [0.3, 0.4) is 0 Å². The van der Waals surface area contributed by atoms with Gasteiger partial charge in [0.05, 0.1) is 0 Å². The molecule has 0 radical (unpaired) electrons. The summed E-state index contributed by atoms with van der Waals surface area (Å²) in [6, 6.07) is 8.41. The summed E-state index contributed by atoms with van der Waals surface area (Å²) in [5.41, 5.74) is 1.28. The molecule has 0 aromatic carbocycles. The predicted octanol–water partition coefficient (Wildman–Crippen LogP) is -0.255. The van der Waals surface area contributed by atoms with Crippen LogP contribution in [0.1, 0.15) is 15.3 Å². The first-order valence-electron chi connectivity index (χ1n) is 4.99. The summed E-state index contributed by atoms with van der Waals surface area (Å²) in [5, 5.41) is 3.41. The van der Waals surface area contributed by atoms with Gasteiger partial charge in [-0.3, -0.25) is 4.98 Å². The lowest BCUT2D eigenvalue weighted by atomic mass is 10.3. The van der Waals surface area contributed by atoms with Gasteiger partial charge in [0.25, 0.3) is 0 Å². The van der Waals surface area contributed by atoms with Gasteiger partial charge in [-0.15, -0.1) is 11.3 Å². The van der Waals surface area contributed by atoms with Crippen molar-refractivity contribution < 1.29 is 12.4 Å². The summed E-state index contributed by atoms with van der Waals surface area (Å²) in [4.78, 5) is 6.75. The predicted molar refractivity (Wildman–Crippen MR) is 63.8 cm³/mol. The van der Waals surface area contributed by atoms with Crippen molar-refractivity contribution in [2.24, 2.45) is 0 Å². The molecule has 0 aliphatic heterocycles. The highest BCUT2D eigenvalue weighted by molar-refractivity contribution is 7.11. The molecule has 0 saturated heterocycles. The average molecular weight is 254 g/mol. The van der Waals surface area contributed by atoms with E-state index in [1.54, 1.807) is 0 Å². The molecule has 2 rings (SSSR count). The minimum absolute atomic E-state index is 0. The zero-order valence-corrected chi connectivity index (χ0v) is 10.7. The number of hydrogen-bond donors (Lipinski definition) is 1. The van der Waals surface area contributed by atoms with Crippen LogP contribution in [0, 0.1) is 6.92 Å². The van der Waals surface area contributed by atoms with Crippen molar-refractivity contribution in [3.63, 3.8) is 0 Å². The summed E-state index contributed by atoms with van der Waals surface area (Å²) < 4.78 is 0. The average Bonchev–Trinajstić information content (AvgIpc) is 2.66. The van der Waals surface area contributed by atoms with E-state index in [2.05, 4.69) is 29.4 Å². The lowest BCUT2D eigenvalue weighted by Crippen LogP contribution is -3.00. The number of halogens is 1. The number of nitrogens with one attached hydrogen (secondary N) is 1. The molecule has 0 fully saturated rings. The number of pyridine rings is 1. The Labute approximate surface area is 106 Å². The standard InChI is InChI=1S/C12H14N2S.ClH/c1-10-2-3-12(15-10)9-14-8-11-4-6-13-7-5-11;/h2-7,14H,8-9H2,1H3;1H/p-1. The monoisotopic (exact) mass is 253 g/mol. The molecule has 1 N–H and O–H groups in total. The van der Waals surface area contributed by atoms with Crippen LogP contribution >= 0.6 is 11.3 Å². The van der Waals surface area contributed by atoms with Gasteiger partial charge in [0.15, 0.2) is 0 Å². The molecule has 0 aliphatic rings. The molecule has 4 heteroatoms. The van der Waals surface area contributed by atoms with Gasteiger partial charge in [-0.25, -0.2) is 0 Å². The number of thiophene rings is 1. The fraction of sp³-hybridized carbons (Fsp3) is 0.250. The molecular formula is C12H14ClN2S-. The topological polar surface area (TPSA) is 24.9 Å². The second-order valence-electron chi connectivity index (χ2n) is 3.47. The van der Waals surface area contributed by atoms with Crippen molar-refractivity contribution in [1.82, 2.24) is 10.3 Å². The molecule has 2 heterocycles. The number of aromatic nitrogens is 1. The van der Waals surface area contributed by atoms with Gasteiger partial charge in [-0.1, -0.05) is 0 Å². The van der Waals surface area contributed by atoms with E-state index in [0.717, 1.165) is 13.1 Å². The van der Waals surface area contributed by atoms with Gasteiger partial charge in [0.1, 0.15) is 0 Å². The van der Waals surface area contributed by atoms with Gasteiger partial charge in [0.2, 0.25) is 0 Å². The van der Waals surface area contributed by atoms with Crippen molar-refractivity contribution in [1.29, 1.82) is 0 Å². The van der Waals surface area contributed by atoms with E-state index in [1.165, 1.54) is 15.3 Å². The third kappa shape index (κ3) is 3.93. The number of nitrogens with zero attached hydrogens (tertiary/aromatic N) is 1. The Kier molecular flexibility index (Phi) is 5.46. The van der Waals surface area contributed by atoms with Crippen molar-refractivity contribution in [2.75, 3.05) is 0 Å². The summed E-state index contributed by atoms with van der Waals surface area (Å²) in [6.45, 7) is 3.98. The summed E-state index contributed by atoms with van der Waals surface area (Å²) in [7, 11) is 0. The Morgan fingerprint density at radius 3 is 2.50 bits per heavy atom. The second-order valence-corrected chi connectivity index (χ2v) is 4.84. The van der Waals surface area contributed by atoms with Crippen LogP contribution in [0.5, 0.6) is 0 Å². The van der Waals surface area contributed by atoms with Crippen LogP contribution in [0.25, 0.3) is 0 Å². The molecule has 2 nitrogen and oxygen atoms in total. The van der Waals surface area contributed by atoms with E-state index in [1.807, 2.05) is 35.9 Å². The van der Waals surface area contributed by atoms with Crippen molar-refractivity contribution in [3.8, 4) is 0 Å². The molecule has 0 spiro atoms. The molecule has 0 bridgehead atoms. The number of aryl methyl sites for hydroxylation is 1. The lowest BCUT2D eigenvalue weighted by molar-refractivity contribution is -0.00000312. The Bertz CT molecular complexity index is 414. The summed E-state index contributed by atoms with van der Waals surface area (Å²) >= 11 is 1.85. The molecule has 2 aromatic heterocycles. The van der Waals surface area contributed by atoms with Gasteiger partial charge >= 0.3 is 0 Å². The number of hydrogen-bond acceptors (Lipinski definition) is 3. The van der Waals surface area contributed by atoms with Gasteiger partial charge < -0.3 is 17.7 Å². The van der Waals surface area contributed by atoms with Crippen LogP contribution in [-0.2, 0) is 13.1 Å². The van der Waals surface area contributed by atoms with Gasteiger partial charge in [0, 0.05) is 35.2 Å². The van der Waals surface area contributed by atoms with Crippen molar-refractivity contribution in [2.45, 2.75) is 20.0 Å². The fourth-order valence-electron chi connectivity index (χ4n) is 1.41. The highest BCUT2D eigenvalue weighted by atomic mass is 35.5. The first kappa shape index (κ1) is 13.2. The smallest absolute Gasteiger partial charge is 0.0303 e. The third-order valence-electron chi connectivity index (χ3n) is 2.17. The van der Waals surface area contributed by atoms with E-state index in [4.69, 9.17) is 0 Å². The molecule has 0 saturated carbocycles. The largest absolute Gasteiger partial charge is 1.00 e. The molecule has 16 heavy (non-hydrogen) atoms. The second kappa shape index (κ2) is 6.63. The van der Waals surface area contributed by atoms with Crippen LogP contribution in [0.15, 0.2) is 36.7 Å². The highest BCUT2D eigenvalue weighted by Gasteiger charge is 1.96. The highest BCUT2D eigenvalue weighted by Crippen LogP contribution is 2.14. The number of rotatable bonds is 4. The maximum absolute atomic E-state index is 3.99. The van der Waals surface area contributed by atoms with E-state index < -0.39 is 0 Å². The Balaban J connectivity index is 0.00000128. The SMILES string of the molecule is Cc1ccc(CNCc2ccncc2)s1.[Cl-]. The third-order valence-corrected chi connectivity index (χ3v) is 3.17. The molecular weight excluding hydrogens is 240 g/mol.